The summed E-state index contributed by atoms with van der Waals surface area (Å²) in [6.07, 6.45) is 7.56. The number of ketones is 1. The molecule has 3 aliphatic carbocycles. The van der Waals surface area contributed by atoms with Crippen LogP contribution in [0.1, 0.15) is 56.4 Å². The lowest BCUT2D eigenvalue weighted by molar-refractivity contribution is -0.195. The number of carbonyl (C=O) groups is 1. The fourth-order valence-electron chi connectivity index (χ4n) is 6.19. The summed E-state index contributed by atoms with van der Waals surface area (Å²) in [5, 5.41) is 11.0. The van der Waals surface area contributed by atoms with Crippen molar-refractivity contribution in [1.82, 2.24) is 9.55 Å². The highest BCUT2D eigenvalue weighted by Crippen LogP contribution is 2.73. The van der Waals surface area contributed by atoms with Gasteiger partial charge in [0.2, 0.25) is 0 Å². The molecule has 0 amide bonds. The minimum atomic E-state index is -2.96. The summed E-state index contributed by atoms with van der Waals surface area (Å²) in [4.78, 5) is 17.0. The molecule has 2 atom stereocenters. The predicted molar refractivity (Wildman–Crippen MR) is 127 cm³/mol. The van der Waals surface area contributed by atoms with Crippen molar-refractivity contribution in [3.05, 3.63) is 71.3 Å². The van der Waals surface area contributed by atoms with Gasteiger partial charge in [-0.25, -0.2) is 0 Å². The Hall–Kier alpha value is -2.77. The van der Waals surface area contributed by atoms with Gasteiger partial charge >= 0.3 is 0 Å². The zero-order valence-corrected chi connectivity index (χ0v) is 19.9. The summed E-state index contributed by atoms with van der Waals surface area (Å²) in [5.41, 5.74) is 2.12. The van der Waals surface area contributed by atoms with Crippen LogP contribution >= 0.6 is 11.6 Å². The average Bonchev–Trinajstić information content (AvgIpc) is 3.25. The van der Waals surface area contributed by atoms with Gasteiger partial charge in [-0.1, -0.05) is 17.7 Å². The number of Topliss-reactive ketones (excluding diaryl/α,β-unsaturated/α-hetero) is 1. The molecule has 3 heterocycles. The molecule has 5 nitrogen and oxygen atoms in total. The summed E-state index contributed by atoms with van der Waals surface area (Å²) in [6, 6.07) is 10.1. The zero-order valence-electron chi connectivity index (χ0n) is 19.2. The number of hydrogen-bond donors (Lipinski definition) is 1. The predicted octanol–water partition coefficient (Wildman–Crippen LogP) is 6.04. The number of halogens is 3. The highest BCUT2D eigenvalue weighted by molar-refractivity contribution is 6.30. The Morgan fingerprint density at radius 1 is 1.23 bits per heavy atom. The van der Waals surface area contributed by atoms with Crippen LogP contribution in [0, 0.1) is 5.41 Å². The van der Waals surface area contributed by atoms with Crippen molar-refractivity contribution in [1.29, 1.82) is 0 Å². The van der Waals surface area contributed by atoms with Crippen molar-refractivity contribution in [3.63, 3.8) is 0 Å². The number of alkyl halides is 2. The second kappa shape index (κ2) is 7.61. The van der Waals surface area contributed by atoms with E-state index in [0.717, 1.165) is 37.3 Å². The van der Waals surface area contributed by atoms with Crippen molar-refractivity contribution >= 4 is 17.4 Å². The topological polar surface area (TPSA) is 64.4 Å². The van der Waals surface area contributed by atoms with E-state index < -0.39 is 18.1 Å². The third-order valence-electron chi connectivity index (χ3n) is 7.85. The summed E-state index contributed by atoms with van der Waals surface area (Å²) in [7, 11) is 0. The molecule has 7 rings (SSSR count). The molecule has 3 fully saturated rings. The lowest BCUT2D eigenvalue weighted by Crippen LogP contribution is -2.68. The van der Waals surface area contributed by atoms with Crippen molar-refractivity contribution in [3.8, 4) is 16.9 Å². The number of pyridine rings is 1. The van der Waals surface area contributed by atoms with E-state index in [-0.39, 0.29) is 28.9 Å². The highest BCUT2D eigenvalue weighted by Gasteiger charge is 2.69. The first-order chi connectivity index (χ1) is 16.6. The number of nitrogens with zero attached hydrogens (tertiary/aromatic N) is 2. The van der Waals surface area contributed by atoms with E-state index in [0.29, 0.717) is 22.8 Å². The summed E-state index contributed by atoms with van der Waals surface area (Å²) in [5.74, 6) is -2.41. The van der Waals surface area contributed by atoms with E-state index in [1.807, 2.05) is 18.5 Å². The molecule has 0 saturated heterocycles. The van der Waals surface area contributed by atoms with Gasteiger partial charge in [0, 0.05) is 65.6 Å². The minimum Gasteiger partial charge on any atom is -0.482 e. The minimum absolute atomic E-state index is 0.00792. The number of rotatable bonds is 6. The molecule has 1 aromatic carbocycles. The van der Waals surface area contributed by atoms with E-state index in [1.165, 1.54) is 12.3 Å². The van der Waals surface area contributed by atoms with Crippen LogP contribution < -0.4 is 4.74 Å². The third-order valence-corrected chi connectivity index (χ3v) is 8.08. The molecule has 0 unspecified atom stereocenters. The molecule has 0 radical (unpaired) electrons. The molecule has 8 heteroatoms. The van der Waals surface area contributed by atoms with Crippen molar-refractivity contribution in [2.45, 2.75) is 62.7 Å². The first kappa shape index (κ1) is 22.7. The lowest BCUT2D eigenvalue weighted by atomic mass is 9.38. The second-order valence-corrected chi connectivity index (χ2v) is 11.0. The third kappa shape index (κ3) is 3.76. The number of ether oxygens (including phenoxy) is 1. The van der Waals surface area contributed by atoms with Crippen LogP contribution in [-0.4, -0.2) is 26.5 Å². The SMILES string of the molecule is CC(F)(F)c1ccc(-c2ccn(C34CC(CC(=O)[C@H]5C[C@@H](O)c6cc(Cl)ccc6O5)(C3)C4)c2)cn1. The standard InChI is InChI=1S/C27H25ClF2N2O3/c1-25(29,30)24-5-2-16(11-31-24)17-6-7-32(12-17)27-13-26(14-27,15-27)10-21(34)23-9-20(33)19-8-18(28)3-4-22(19)35-23/h2-8,11-12,20,23,33H,9-10,13-15H2,1H3/t20-,23-,26?,27?/m1/s1. The fraction of sp³-hybridized carbons (Fsp3) is 0.407. The number of aliphatic hydroxyl groups excluding tert-OH is 1. The van der Waals surface area contributed by atoms with Gasteiger partial charge in [0.15, 0.2) is 11.9 Å². The highest BCUT2D eigenvalue weighted by atomic mass is 35.5. The number of aliphatic hydroxyl groups is 1. The van der Waals surface area contributed by atoms with E-state index in [2.05, 4.69) is 9.55 Å². The number of aromatic nitrogens is 2. The Morgan fingerprint density at radius 2 is 2.00 bits per heavy atom. The molecular weight excluding hydrogens is 474 g/mol. The summed E-state index contributed by atoms with van der Waals surface area (Å²) >= 11 is 6.02. The Bertz CT molecular complexity index is 1290. The Morgan fingerprint density at radius 3 is 2.69 bits per heavy atom. The molecule has 3 saturated carbocycles. The van der Waals surface area contributed by atoms with Crippen molar-refractivity contribution < 1.29 is 23.4 Å². The molecular formula is C27H25ClF2N2O3. The van der Waals surface area contributed by atoms with Crippen LogP contribution in [-0.2, 0) is 16.3 Å². The number of hydrogen-bond acceptors (Lipinski definition) is 4. The van der Waals surface area contributed by atoms with Gasteiger partial charge in [0.25, 0.3) is 5.92 Å². The molecule has 2 bridgehead atoms. The van der Waals surface area contributed by atoms with E-state index in [4.69, 9.17) is 16.3 Å². The maximum absolute atomic E-state index is 13.4. The molecule has 3 aromatic rings. The summed E-state index contributed by atoms with van der Waals surface area (Å²) in [6.45, 7) is 0.840. The smallest absolute Gasteiger partial charge is 0.286 e. The van der Waals surface area contributed by atoms with E-state index >= 15 is 0 Å². The Labute approximate surface area is 206 Å². The molecule has 0 spiro atoms. The average molecular weight is 499 g/mol. The van der Waals surface area contributed by atoms with Crippen LogP contribution in [0.25, 0.3) is 11.1 Å². The number of benzene rings is 1. The monoisotopic (exact) mass is 498 g/mol. The number of fused-ring (bicyclic) bond motifs is 1. The fourth-order valence-corrected chi connectivity index (χ4v) is 6.37. The van der Waals surface area contributed by atoms with Gasteiger partial charge in [-0.3, -0.25) is 9.78 Å². The normalized spacial score (nSPS) is 28.9. The number of carbonyl (C=O) groups excluding carboxylic acids is 1. The molecule has 35 heavy (non-hydrogen) atoms. The maximum Gasteiger partial charge on any atom is 0.286 e. The van der Waals surface area contributed by atoms with Crippen LogP contribution in [0.3, 0.4) is 0 Å². The van der Waals surface area contributed by atoms with Crippen molar-refractivity contribution in [2.24, 2.45) is 5.41 Å². The largest absolute Gasteiger partial charge is 0.482 e. The Kier molecular flexibility index (Phi) is 4.93. The zero-order chi connectivity index (χ0) is 24.6. The Balaban J connectivity index is 1.09. The van der Waals surface area contributed by atoms with Gasteiger partial charge in [-0.05, 0) is 55.0 Å². The molecule has 182 valence electrons. The van der Waals surface area contributed by atoms with Crippen LogP contribution in [0.15, 0.2) is 55.0 Å². The van der Waals surface area contributed by atoms with Gasteiger partial charge in [-0.15, -0.1) is 0 Å². The lowest BCUT2D eigenvalue weighted by Gasteiger charge is -2.71. The maximum atomic E-state index is 13.4. The quantitative estimate of drug-likeness (QED) is 0.450. The molecule has 2 aromatic heterocycles. The van der Waals surface area contributed by atoms with Crippen LogP contribution in [0.4, 0.5) is 8.78 Å². The van der Waals surface area contributed by atoms with Gasteiger partial charge in [0.1, 0.15) is 11.4 Å². The van der Waals surface area contributed by atoms with Crippen LogP contribution in [0.5, 0.6) is 5.75 Å². The van der Waals surface area contributed by atoms with Gasteiger partial charge in [0.05, 0.1) is 6.10 Å². The van der Waals surface area contributed by atoms with E-state index in [9.17, 15) is 18.7 Å². The van der Waals surface area contributed by atoms with E-state index in [1.54, 1.807) is 24.3 Å². The van der Waals surface area contributed by atoms with Crippen molar-refractivity contribution in [2.75, 3.05) is 0 Å². The van der Waals surface area contributed by atoms with Gasteiger partial charge < -0.3 is 14.4 Å². The van der Waals surface area contributed by atoms with Gasteiger partial charge in [-0.2, -0.15) is 8.78 Å². The first-order valence-corrected chi connectivity index (χ1v) is 12.1. The first-order valence-electron chi connectivity index (χ1n) is 11.8. The molecule has 4 aliphatic rings. The molecule has 1 aliphatic heterocycles. The summed E-state index contributed by atoms with van der Waals surface area (Å²) < 4.78 is 35.0. The van der Waals surface area contributed by atoms with Crippen LogP contribution in [0.2, 0.25) is 5.02 Å². The second-order valence-electron chi connectivity index (χ2n) is 10.6. The molecule has 1 N–H and O–H groups in total.